The Hall–Kier alpha value is -2.62. The highest BCUT2D eigenvalue weighted by atomic mass is 32.2. The number of ether oxygens (including phenoxy) is 2. The van der Waals surface area contributed by atoms with Gasteiger partial charge in [0.2, 0.25) is 0 Å². The molecule has 0 unspecified atom stereocenters. The SMILES string of the molecule is COc1ccc(S(=O)(=O)Nc2sccc2-c2nc3ccccc3s2)cc1OC. The third-order valence-electron chi connectivity index (χ3n) is 4.08. The van der Waals surface area contributed by atoms with E-state index in [9.17, 15) is 8.42 Å². The maximum absolute atomic E-state index is 12.9. The lowest BCUT2D eigenvalue weighted by Crippen LogP contribution is -2.12. The Bertz CT molecular complexity index is 1210. The maximum atomic E-state index is 12.9. The Morgan fingerprint density at radius 2 is 1.79 bits per heavy atom. The van der Waals surface area contributed by atoms with Crippen LogP contribution in [0.25, 0.3) is 20.8 Å². The molecule has 144 valence electrons. The van der Waals surface area contributed by atoms with Crippen LogP contribution in [-0.2, 0) is 10.0 Å². The van der Waals surface area contributed by atoms with Gasteiger partial charge in [0.15, 0.2) is 11.5 Å². The summed E-state index contributed by atoms with van der Waals surface area (Å²) in [5.74, 6) is 0.815. The molecule has 0 radical (unpaired) electrons. The van der Waals surface area contributed by atoms with Gasteiger partial charge in [-0.05, 0) is 35.7 Å². The van der Waals surface area contributed by atoms with Gasteiger partial charge >= 0.3 is 0 Å². The maximum Gasteiger partial charge on any atom is 0.262 e. The summed E-state index contributed by atoms with van der Waals surface area (Å²) in [6.07, 6.45) is 0. The van der Waals surface area contributed by atoms with Crippen molar-refractivity contribution in [3.05, 3.63) is 53.9 Å². The van der Waals surface area contributed by atoms with Crippen LogP contribution in [0.2, 0.25) is 0 Å². The lowest BCUT2D eigenvalue weighted by atomic mass is 10.3. The Kier molecular flexibility index (Phi) is 4.96. The largest absolute Gasteiger partial charge is 0.493 e. The monoisotopic (exact) mass is 432 g/mol. The van der Waals surface area contributed by atoms with Crippen molar-refractivity contribution in [2.75, 3.05) is 18.9 Å². The first kappa shape index (κ1) is 18.7. The molecule has 0 atom stereocenters. The molecule has 0 spiro atoms. The Morgan fingerprint density at radius 1 is 1.00 bits per heavy atom. The molecule has 2 aromatic heterocycles. The second kappa shape index (κ2) is 7.42. The van der Waals surface area contributed by atoms with Crippen LogP contribution in [-0.4, -0.2) is 27.6 Å². The molecule has 6 nitrogen and oxygen atoms in total. The average molecular weight is 433 g/mol. The van der Waals surface area contributed by atoms with Gasteiger partial charge < -0.3 is 9.47 Å². The van der Waals surface area contributed by atoms with Crippen LogP contribution in [0.5, 0.6) is 11.5 Å². The van der Waals surface area contributed by atoms with Crippen molar-refractivity contribution in [3.8, 4) is 22.1 Å². The predicted molar refractivity (Wildman–Crippen MR) is 113 cm³/mol. The van der Waals surface area contributed by atoms with Gasteiger partial charge in [-0.2, -0.15) is 0 Å². The summed E-state index contributed by atoms with van der Waals surface area (Å²) in [4.78, 5) is 4.71. The Balaban J connectivity index is 1.69. The molecule has 0 bridgehead atoms. The molecule has 4 aromatic rings. The number of para-hydroxylation sites is 1. The van der Waals surface area contributed by atoms with Gasteiger partial charge in [0, 0.05) is 11.6 Å². The summed E-state index contributed by atoms with van der Waals surface area (Å²) < 4.78 is 39.9. The lowest BCUT2D eigenvalue weighted by Gasteiger charge is -2.11. The predicted octanol–water partition coefficient (Wildman–Crippen LogP) is 4.84. The molecule has 28 heavy (non-hydrogen) atoms. The zero-order valence-corrected chi connectivity index (χ0v) is 17.5. The quantitative estimate of drug-likeness (QED) is 0.472. The van der Waals surface area contributed by atoms with Crippen LogP contribution < -0.4 is 14.2 Å². The number of thiophene rings is 1. The van der Waals surface area contributed by atoms with E-state index < -0.39 is 10.0 Å². The van der Waals surface area contributed by atoms with Crippen LogP contribution in [0.4, 0.5) is 5.00 Å². The molecule has 4 rings (SSSR count). The van der Waals surface area contributed by atoms with Crippen LogP contribution in [0.1, 0.15) is 0 Å². The van der Waals surface area contributed by atoms with E-state index in [1.807, 2.05) is 35.7 Å². The highest BCUT2D eigenvalue weighted by molar-refractivity contribution is 7.93. The highest BCUT2D eigenvalue weighted by Crippen LogP contribution is 2.39. The molecular weight excluding hydrogens is 416 g/mol. The molecule has 1 N–H and O–H groups in total. The van der Waals surface area contributed by atoms with Crippen molar-refractivity contribution < 1.29 is 17.9 Å². The van der Waals surface area contributed by atoms with Crippen LogP contribution in [0.3, 0.4) is 0 Å². The molecule has 0 saturated carbocycles. The third kappa shape index (κ3) is 3.44. The first-order chi connectivity index (χ1) is 13.5. The zero-order chi connectivity index (χ0) is 19.7. The molecule has 0 saturated heterocycles. The van der Waals surface area contributed by atoms with E-state index in [1.165, 1.54) is 49.0 Å². The van der Waals surface area contributed by atoms with Crippen molar-refractivity contribution in [3.63, 3.8) is 0 Å². The zero-order valence-electron chi connectivity index (χ0n) is 15.0. The smallest absolute Gasteiger partial charge is 0.262 e. The first-order valence-corrected chi connectivity index (χ1v) is 11.4. The van der Waals surface area contributed by atoms with Crippen molar-refractivity contribution in [2.24, 2.45) is 0 Å². The molecule has 0 fully saturated rings. The van der Waals surface area contributed by atoms with E-state index in [4.69, 9.17) is 9.47 Å². The van der Waals surface area contributed by atoms with Crippen molar-refractivity contribution in [1.29, 1.82) is 0 Å². The summed E-state index contributed by atoms with van der Waals surface area (Å²) in [5.41, 5.74) is 1.65. The summed E-state index contributed by atoms with van der Waals surface area (Å²) in [6.45, 7) is 0. The molecule has 9 heteroatoms. The molecule has 0 amide bonds. The van der Waals surface area contributed by atoms with Gasteiger partial charge in [-0.1, -0.05) is 12.1 Å². The second-order valence-corrected chi connectivity index (χ2v) is 9.40. The van der Waals surface area contributed by atoms with Crippen molar-refractivity contribution in [2.45, 2.75) is 4.90 Å². The number of sulfonamides is 1. The number of methoxy groups -OCH3 is 2. The minimum Gasteiger partial charge on any atom is -0.493 e. The van der Waals surface area contributed by atoms with Gasteiger partial charge in [-0.25, -0.2) is 13.4 Å². The second-order valence-electron chi connectivity index (χ2n) is 5.77. The van der Waals surface area contributed by atoms with E-state index >= 15 is 0 Å². The Labute approximate surface area is 170 Å². The van der Waals surface area contributed by atoms with E-state index in [2.05, 4.69) is 9.71 Å². The van der Waals surface area contributed by atoms with Crippen LogP contribution in [0.15, 0.2) is 58.8 Å². The molecular formula is C19H16N2O4S3. The third-order valence-corrected chi connectivity index (χ3v) is 7.46. The van der Waals surface area contributed by atoms with E-state index in [0.29, 0.717) is 16.5 Å². The molecule has 0 aliphatic rings. The fourth-order valence-corrected chi connectivity index (χ4v) is 5.91. The van der Waals surface area contributed by atoms with Crippen molar-refractivity contribution in [1.82, 2.24) is 4.98 Å². The molecule has 2 aromatic carbocycles. The number of nitrogens with zero attached hydrogens (tertiary/aromatic N) is 1. The highest BCUT2D eigenvalue weighted by Gasteiger charge is 2.21. The first-order valence-electron chi connectivity index (χ1n) is 8.20. The molecule has 2 heterocycles. The topological polar surface area (TPSA) is 77.5 Å². The number of benzene rings is 2. The summed E-state index contributed by atoms with van der Waals surface area (Å²) in [5, 5.41) is 3.13. The van der Waals surface area contributed by atoms with Gasteiger partial charge in [-0.3, -0.25) is 4.72 Å². The van der Waals surface area contributed by atoms with Gasteiger partial charge in [0.25, 0.3) is 10.0 Å². The standard InChI is InChI=1S/C19H16N2O4S3/c1-24-15-8-7-12(11-16(15)25-2)28(22,23)21-19-13(9-10-26-19)18-20-14-5-3-4-6-17(14)27-18/h3-11,21H,1-2H3. The van der Waals surface area contributed by atoms with Crippen LogP contribution >= 0.6 is 22.7 Å². The fraction of sp³-hybridized carbons (Fsp3) is 0.105. The van der Waals surface area contributed by atoms with Gasteiger partial charge in [0.05, 0.1) is 29.3 Å². The molecule has 0 aliphatic heterocycles. The molecule has 0 aliphatic carbocycles. The van der Waals surface area contributed by atoms with Crippen LogP contribution in [0, 0.1) is 0 Å². The normalized spacial score (nSPS) is 11.5. The minimum atomic E-state index is -3.80. The number of nitrogens with one attached hydrogen (secondary N) is 1. The number of rotatable bonds is 6. The number of aromatic nitrogens is 1. The number of thiazole rings is 1. The fourth-order valence-electron chi connectivity index (χ4n) is 2.71. The lowest BCUT2D eigenvalue weighted by molar-refractivity contribution is 0.354. The van der Waals surface area contributed by atoms with E-state index in [1.54, 1.807) is 6.07 Å². The average Bonchev–Trinajstić information content (AvgIpc) is 3.33. The van der Waals surface area contributed by atoms with E-state index in [-0.39, 0.29) is 4.90 Å². The van der Waals surface area contributed by atoms with Gasteiger partial charge in [-0.15, -0.1) is 22.7 Å². The number of hydrogen-bond donors (Lipinski definition) is 1. The number of hydrogen-bond acceptors (Lipinski definition) is 7. The Morgan fingerprint density at radius 3 is 2.54 bits per heavy atom. The van der Waals surface area contributed by atoms with E-state index in [0.717, 1.165) is 20.8 Å². The van der Waals surface area contributed by atoms with Gasteiger partial charge in [0.1, 0.15) is 10.0 Å². The number of anilines is 1. The van der Waals surface area contributed by atoms with Crippen molar-refractivity contribution >= 4 is 47.9 Å². The summed E-state index contributed by atoms with van der Waals surface area (Å²) in [6, 6.07) is 14.2. The summed E-state index contributed by atoms with van der Waals surface area (Å²) >= 11 is 2.84. The minimum absolute atomic E-state index is 0.0915. The number of fused-ring (bicyclic) bond motifs is 1. The summed E-state index contributed by atoms with van der Waals surface area (Å²) in [7, 11) is -0.835.